The normalized spacial score (nSPS) is 23.7. The van der Waals surface area contributed by atoms with Gasteiger partial charge in [0.25, 0.3) is 0 Å². The zero-order chi connectivity index (χ0) is 12.7. The molecule has 1 aliphatic rings. The van der Waals surface area contributed by atoms with Crippen LogP contribution in [-0.2, 0) is 4.74 Å². The quantitative estimate of drug-likeness (QED) is 0.836. The predicted molar refractivity (Wildman–Crippen MR) is 65.0 cm³/mol. The van der Waals surface area contributed by atoms with Gasteiger partial charge < -0.3 is 14.7 Å². The summed E-state index contributed by atoms with van der Waals surface area (Å²) in [5, 5.41) is 9.42. The van der Waals surface area contributed by atoms with Gasteiger partial charge in [0, 0.05) is 20.5 Å². The first-order chi connectivity index (χ1) is 8.66. The van der Waals surface area contributed by atoms with E-state index < -0.39 is 6.29 Å². The summed E-state index contributed by atoms with van der Waals surface area (Å²) in [5.74, 6) is 0.775. The van der Waals surface area contributed by atoms with Crippen LogP contribution in [0, 0.1) is 0 Å². The standard InChI is InChI=1S/C11H15N5O2/c1-15(2)10-9-11(13-5-12-10)16(6-14-9)7-3-4-8(17)18-7/h5-8,17H,3-4H2,1-2H3/t7?,8-/m0/s1. The van der Waals surface area contributed by atoms with Gasteiger partial charge in [0.1, 0.15) is 12.6 Å². The fourth-order valence-electron chi connectivity index (χ4n) is 2.18. The second-order valence-corrected chi connectivity index (χ2v) is 4.54. The Kier molecular flexibility index (Phi) is 2.64. The van der Waals surface area contributed by atoms with Gasteiger partial charge in [-0.15, -0.1) is 0 Å². The summed E-state index contributed by atoms with van der Waals surface area (Å²) in [6.45, 7) is 0. The molecule has 3 heterocycles. The number of hydrogen-bond acceptors (Lipinski definition) is 6. The van der Waals surface area contributed by atoms with Crippen LogP contribution in [0.4, 0.5) is 5.82 Å². The minimum absolute atomic E-state index is 0.199. The van der Waals surface area contributed by atoms with Gasteiger partial charge in [0.05, 0.1) is 6.33 Å². The number of rotatable bonds is 2. The van der Waals surface area contributed by atoms with Gasteiger partial charge in [0.15, 0.2) is 23.3 Å². The molecular weight excluding hydrogens is 234 g/mol. The molecule has 1 aliphatic heterocycles. The third-order valence-electron chi connectivity index (χ3n) is 3.05. The van der Waals surface area contributed by atoms with Crippen molar-refractivity contribution < 1.29 is 9.84 Å². The second kappa shape index (κ2) is 4.18. The number of fused-ring (bicyclic) bond motifs is 1. The molecule has 1 N–H and O–H groups in total. The van der Waals surface area contributed by atoms with Gasteiger partial charge in [-0.3, -0.25) is 4.57 Å². The topological polar surface area (TPSA) is 76.3 Å². The molecule has 0 saturated carbocycles. The van der Waals surface area contributed by atoms with Crippen LogP contribution < -0.4 is 4.90 Å². The highest BCUT2D eigenvalue weighted by atomic mass is 16.6. The largest absolute Gasteiger partial charge is 0.368 e. The molecule has 0 radical (unpaired) electrons. The van der Waals surface area contributed by atoms with Crippen molar-refractivity contribution in [3.05, 3.63) is 12.7 Å². The molecule has 0 bridgehead atoms. The molecule has 1 unspecified atom stereocenters. The molecule has 2 atom stereocenters. The molecule has 18 heavy (non-hydrogen) atoms. The molecule has 0 spiro atoms. The van der Waals surface area contributed by atoms with Crippen molar-refractivity contribution in [3.63, 3.8) is 0 Å². The monoisotopic (exact) mass is 249 g/mol. The van der Waals surface area contributed by atoms with Crippen molar-refractivity contribution in [2.45, 2.75) is 25.4 Å². The molecule has 1 fully saturated rings. The zero-order valence-corrected chi connectivity index (χ0v) is 10.3. The van der Waals surface area contributed by atoms with Gasteiger partial charge in [-0.1, -0.05) is 0 Å². The van der Waals surface area contributed by atoms with Gasteiger partial charge in [-0.05, 0) is 6.42 Å². The Bertz CT molecular complexity index is 568. The number of anilines is 1. The number of nitrogens with zero attached hydrogens (tertiary/aromatic N) is 5. The summed E-state index contributed by atoms with van der Waals surface area (Å²) in [7, 11) is 3.83. The summed E-state index contributed by atoms with van der Waals surface area (Å²) >= 11 is 0. The third-order valence-corrected chi connectivity index (χ3v) is 3.05. The highest BCUT2D eigenvalue weighted by Gasteiger charge is 2.26. The minimum atomic E-state index is -0.692. The van der Waals surface area contributed by atoms with Gasteiger partial charge >= 0.3 is 0 Å². The van der Waals surface area contributed by atoms with E-state index in [2.05, 4.69) is 15.0 Å². The highest BCUT2D eigenvalue weighted by molar-refractivity contribution is 5.83. The first kappa shape index (κ1) is 11.4. The number of hydrogen-bond donors (Lipinski definition) is 1. The maximum atomic E-state index is 9.42. The van der Waals surface area contributed by atoms with Gasteiger partial charge in [0.2, 0.25) is 0 Å². The smallest absolute Gasteiger partial charge is 0.167 e. The average Bonchev–Trinajstić information content (AvgIpc) is 2.93. The van der Waals surface area contributed by atoms with E-state index in [0.29, 0.717) is 6.42 Å². The summed E-state index contributed by atoms with van der Waals surface area (Å²) in [6, 6.07) is 0. The summed E-state index contributed by atoms with van der Waals surface area (Å²) in [4.78, 5) is 14.7. The Balaban J connectivity index is 2.07. The molecule has 96 valence electrons. The zero-order valence-electron chi connectivity index (χ0n) is 10.3. The van der Waals surface area contributed by atoms with Crippen molar-refractivity contribution in [1.29, 1.82) is 0 Å². The lowest BCUT2D eigenvalue weighted by atomic mass is 10.3. The van der Waals surface area contributed by atoms with E-state index in [0.717, 1.165) is 23.4 Å². The fraction of sp³-hybridized carbons (Fsp3) is 0.545. The van der Waals surface area contributed by atoms with Crippen molar-refractivity contribution in [2.75, 3.05) is 19.0 Å². The lowest BCUT2D eigenvalue weighted by Crippen LogP contribution is -2.13. The SMILES string of the molecule is CN(C)c1ncnc2c1ncn2C1CC[C@@H](O)O1. The molecule has 7 heteroatoms. The van der Waals surface area contributed by atoms with Crippen LogP contribution in [-0.4, -0.2) is 45.0 Å². The van der Waals surface area contributed by atoms with Crippen molar-refractivity contribution in [2.24, 2.45) is 0 Å². The van der Waals surface area contributed by atoms with Crippen LogP contribution in [0.5, 0.6) is 0 Å². The van der Waals surface area contributed by atoms with Crippen molar-refractivity contribution in [3.8, 4) is 0 Å². The lowest BCUT2D eigenvalue weighted by molar-refractivity contribution is -0.111. The fourth-order valence-corrected chi connectivity index (χ4v) is 2.18. The Morgan fingerprint density at radius 1 is 1.33 bits per heavy atom. The number of aliphatic hydroxyl groups excluding tert-OH is 1. The van der Waals surface area contributed by atoms with Crippen molar-refractivity contribution >= 4 is 17.0 Å². The first-order valence-corrected chi connectivity index (χ1v) is 5.85. The van der Waals surface area contributed by atoms with Gasteiger partial charge in [-0.2, -0.15) is 0 Å². The number of imidazole rings is 1. The molecule has 2 aromatic heterocycles. The molecule has 7 nitrogen and oxygen atoms in total. The maximum Gasteiger partial charge on any atom is 0.167 e. The molecule has 0 amide bonds. The lowest BCUT2D eigenvalue weighted by Gasteiger charge is -2.14. The number of ether oxygens (including phenoxy) is 1. The van der Waals surface area contributed by atoms with Crippen molar-refractivity contribution in [1.82, 2.24) is 19.5 Å². The van der Waals surface area contributed by atoms with Crippen LogP contribution in [0.2, 0.25) is 0 Å². The van der Waals surface area contributed by atoms with E-state index >= 15 is 0 Å². The number of aliphatic hydroxyl groups is 1. The van der Waals surface area contributed by atoms with E-state index in [9.17, 15) is 5.11 Å². The summed E-state index contributed by atoms with van der Waals surface area (Å²) < 4.78 is 7.27. The van der Waals surface area contributed by atoms with Gasteiger partial charge in [-0.25, -0.2) is 15.0 Å². The Hall–Kier alpha value is -1.73. The molecule has 0 aromatic carbocycles. The minimum Gasteiger partial charge on any atom is -0.368 e. The summed E-state index contributed by atoms with van der Waals surface area (Å²) in [5.41, 5.74) is 1.47. The summed E-state index contributed by atoms with van der Waals surface area (Å²) in [6.07, 6.45) is 3.71. The molecule has 0 aliphatic carbocycles. The average molecular weight is 249 g/mol. The van der Waals surface area contributed by atoms with E-state index in [-0.39, 0.29) is 6.23 Å². The molecular formula is C11H15N5O2. The van der Waals surface area contributed by atoms with Crippen LogP contribution in [0.1, 0.15) is 19.1 Å². The first-order valence-electron chi connectivity index (χ1n) is 5.85. The Labute approximate surface area is 104 Å². The molecule has 3 rings (SSSR count). The van der Waals surface area contributed by atoms with Crippen LogP contribution in [0.15, 0.2) is 12.7 Å². The van der Waals surface area contributed by atoms with E-state index in [4.69, 9.17) is 4.74 Å². The van der Waals surface area contributed by atoms with E-state index in [1.807, 2.05) is 23.6 Å². The maximum absolute atomic E-state index is 9.42. The highest BCUT2D eigenvalue weighted by Crippen LogP contribution is 2.30. The molecule has 2 aromatic rings. The third kappa shape index (κ3) is 1.72. The second-order valence-electron chi connectivity index (χ2n) is 4.54. The Morgan fingerprint density at radius 2 is 2.17 bits per heavy atom. The molecule has 1 saturated heterocycles. The Morgan fingerprint density at radius 3 is 2.83 bits per heavy atom. The number of aromatic nitrogens is 4. The van der Waals surface area contributed by atoms with E-state index in [1.165, 1.54) is 6.33 Å². The van der Waals surface area contributed by atoms with E-state index in [1.54, 1.807) is 6.33 Å². The van der Waals surface area contributed by atoms with Crippen LogP contribution >= 0.6 is 0 Å². The predicted octanol–water partition coefficient (Wildman–Crippen LogP) is 0.520. The van der Waals surface area contributed by atoms with Crippen LogP contribution in [0.3, 0.4) is 0 Å². The van der Waals surface area contributed by atoms with Crippen LogP contribution in [0.25, 0.3) is 11.2 Å².